The van der Waals surface area contributed by atoms with Gasteiger partial charge in [0.05, 0.1) is 5.60 Å². The Kier molecular flexibility index (Phi) is 4.37. The van der Waals surface area contributed by atoms with Crippen LogP contribution in [0.3, 0.4) is 0 Å². The van der Waals surface area contributed by atoms with Crippen LogP contribution in [0.25, 0.3) is 0 Å². The molecule has 5 nitrogen and oxygen atoms in total. The molecule has 2 heterocycles. The van der Waals surface area contributed by atoms with Crippen LogP contribution < -0.4 is 5.32 Å². The lowest BCUT2D eigenvalue weighted by molar-refractivity contribution is -0.0543. The van der Waals surface area contributed by atoms with Gasteiger partial charge in [0, 0.05) is 38.2 Å². The number of aromatic nitrogens is 2. The summed E-state index contributed by atoms with van der Waals surface area (Å²) in [7, 11) is 0. The molecule has 0 atom stereocenters. The third-order valence-corrected chi connectivity index (χ3v) is 3.58. The molecule has 0 spiro atoms. The molecular formula is C12H18ClN3O2. The Morgan fingerprint density at radius 2 is 2.17 bits per heavy atom. The molecule has 0 saturated carbocycles. The van der Waals surface area contributed by atoms with E-state index in [0.29, 0.717) is 43.6 Å². The van der Waals surface area contributed by atoms with E-state index in [0.717, 1.165) is 12.0 Å². The molecule has 100 valence electrons. The van der Waals surface area contributed by atoms with E-state index < -0.39 is 5.60 Å². The van der Waals surface area contributed by atoms with Gasteiger partial charge in [-0.15, -0.1) is 0 Å². The molecule has 2 N–H and O–H groups in total. The van der Waals surface area contributed by atoms with Crippen LogP contribution in [0.1, 0.15) is 25.3 Å². The van der Waals surface area contributed by atoms with Crippen LogP contribution >= 0.6 is 11.6 Å². The van der Waals surface area contributed by atoms with Crippen LogP contribution in [0.15, 0.2) is 6.33 Å². The monoisotopic (exact) mass is 271 g/mol. The van der Waals surface area contributed by atoms with Crippen molar-refractivity contribution >= 4 is 17.4 Å². The standard InChI is InChI=1S/C12H18ClN3O2/c1-2-9-10(13)15-8-16-11(9)14-7-12(17)3-5-18-6-4-12/h8,17H,2-7H2,1H3,(H,14,15,16). The van der Waals surface area contributed by atoms with Gasteiger partial charge in [0.15, 0.2) is 0 Å². The second kappa shape index (κ2) is 5.82. The minimum atomic E-state index is -0.722. The molecule has 0 unspecified atom stereocenters. The van der Waals surface area contributed by atoms with Crippen molar-refractivity contribution in [3.63, 3.8) is 0 Å². The largest absolute Gasteiger partial charge is 0.388 e. The molecule has 1 saturated heterocycles. The Balaban J connectivity index is 2.03. The summed E-state index contributed by atoms with van der Waals surface area (Å²) >= 11 is 6.01. The predicted octanol–water partition coefficient (Wildman–Crippen LogP) is 1.65. The van der Waals surface area contributed by atoms with Crippen LogP contribution in [0.5, 0.6) is 0 Å². The van der Waals surface area contributed by atoms with Crippen LogP contribution in [0.2, 0.25) is 5.15 Å². The molecule has 0 amide bonds. The second-order valence-electron chi connectivity index (χ2n) is 4.54. The van der Waals surface area contributed by atoms with Gasteiger partial charge < -0.3 is 15.2 Å². The number of nitrogens with one attached hydrogen (secondary N) is 1. The van der Waals surface area contributed by atoms with E-state index in [1.165, 1.54) is 6.33 Å². The van der Waals surface area contributed by atoms with E-state index in [1.807, 2.05) is 6.92 Å². The van der Waals surface area contributed by atoms with Gasteiger partial charge in [0.2, 0.25) is 0 Å². The molecule has 1 aromatic heterocycles. The number of anilines is 1. The first-order chi connectivity index (χ1) is 8.64. The summed E-state index contributed by atoms with van der Waals surface area (Å²) in [5.41, 5.74) is 0.163. The summed E-state index contributed by atoms with van der Waals surface area (Å²) in [5, 5.41) is 14.0. The molecule has 0 radical (unpaired) electrons. The average Bonchev–Trinajstić information content (AvgIpc) is 2.37. The summed E-state index contributed by atoms with van der Waals surface area (Å²) < 4.78 is 5.25. The number of ether oxygens (including phenoxy) is 1. The number of rotatable bonds is 4. The van der Waals surface area contributed by atoms with Crippen molar-refractivity contribution in [1.82, 2.24) is 9.97 Å². The molecule has 0 aromatic carbocycles. The van der Waals surface area contributed by atoms with Gasteiger partial charge >= 0.3 is 0 Å². The van der Waals surface area contributed by atoms with E-state index in [2.05, 4.69) is 15.3 Å². The van der Waals surface area contributed by atoms with Crippen molar-refractivity contribution < 1.29 is 9.84 Å². The highest BCUT2D eigenvalue weighted by atomic mass is 35.5. The minimum Gasteiger partial charge on any atom is -0.388 e. The fourth-order valence-electron chi connectivity index (χ4n) is 2.03. The zero-order valence-corrected chi connectivity index (χ0v) is 11.2. The summed E-state index contributed by atoms with van der Waals surface area (Å²) in [6.07, 6.45) is 3.46. The maximum atomic E-state index is 10.3. The van der Waals surface area contributed by atoms with Crippen LogP contribution in [0, 0.1) is 0 Å². The summed E-state index contributed by atoms with van der Waals surface area (Å²) in [4.78, 5) is 8.13. The van der Waals surface area contributed by atoms with Gasteiger partial charge in [-0.05, 0) is 6.42 Å². The molecule has 1 aliphatic rings. The first kappa shape index (κ1) is 13.5. The lowest BCUT2D eigenvalue weighted by Crippen LogP contribution is -2.42. The van der Waals surface area contributed by atoms with Gasteiger partial charge in [0.1, 0.15) is 17.3 Å². The Morgan fingerprint density at radius 3 is 2.83 bits per heavy atom. The highest BCUT2D eigenvalue weighted by Crippen LogP contribution is 2.24. The summed E-state index contributed by atoms with van der Waals surface area (Å²) in [5.74, 6) is 0.706. The van der Waals surface area contributed by atoms with Crippen molar-refractivity contribution in [3.05, 3.63) is 17.0 Å². The maximum Gasteiger partial charge on any atom is 0.137 e. The molecule has 0 bridgehead atoms. The quantitative estimate of drug-likeness (QED) is 0.815. The van der Waals surface area contributed by atoms with Gasteiger partial charge in [-0.3, -0.25) is 0 Å². The molecule has 18 heavy (non-hydrogen) atoms. The van der Waals surface area contributed by atoms with Crippen LogP contribution in [-0.4, -0.2) is 40.4 Å². The number of hydrogen-bond donors (Lipinski definition) is 2. The fraction of sp³-hybridized carbons (Fsp3) is 0.667. The van der Waals surface area contributed by atoms with Crippen molar-refractivity contribution in [3.8, 4) is 0 Å². The Morgan fingerprint density at radius 1 is 1.44 bits per heavy atom. The van der Waals surface area contributed by atoms with Crippen LogP contribution in [0.4, 0.5) is 5.82 Å². The van der Waals surface area contributed by atoms with E-state index in [9.17, 15) is 5.11 Å². The molecule has 6 heteroatoms. The van der Waals surface area contributed by atoms with Gasteiger partial charge in [0.25, 0.3) is 0 Å². The van der Waals surface area contributed by atoms with Gasteiger partial charge in [-0.2, -0.15) is 0 Å². The van der Waals surface area contributed by atoms with Gasteiger partial charge in [-0.1, -0.05) is 18.5 Å². The van der Waals surface area contributed by atoms with Crippen molar-refractivity contribution in [2.45, 2.75) is 31.8 Å². The highest BCUT2D eigenvalue weighted by Gasteiger charge is 2.29. The first-order valence-corrected chi connectivity index (χ1v) is 6.56. The summed E-state index contributed by atoms with van der Waals surface area (Å²) in [6.45, 7) is 3.66. The lowest BCUT2D eigenvalue weighted by atomic mass is 9.94. The molecular weight excluding hydrogens is 254 g/mol. The van der Waals surface area contributed by atoms with Crippen molar-refractivity contribution in [2.24, 2.45) is 0 Å². The predicted molar refractivity (Wildman–Crippen MR) is 69.9 cm³/mol. The van der Waals surface area contributed by atoms with Crippen LogP contribution in [-0.2, 0) is 11.2 Å². The van der Waals surface area contributed by atoms with Gasteiger partial charge in [-0.25, -0.2) is 9.97 Å². The smallest absolute Gasteiger partial charge is 0.137 e. The molecule has 1 aromatic rings. The zero-order valence-electron chi connectivity index (χ0n) is 10.4. The van der Waals surface area contributed by atoms with Crippen molar-refractivity contribution in [1.29, 1.82) is 0 Å². The fourth-order valence-corrected chi connectivity index (χ4v) is 2.30. The Bertz CT molecular complexity index is 408. The first-order valence-electron chi connectivity index (χ1n) is 6.18. The number of halogens is 1. The topological polar surface area (TPSA) is 67.3 Å². The third kappa shape index (κ3) is 3.10. The second-order valence-corrected chi connectivity index (χ2v) is 4.89. The average molecular weight is 272 g/mol. The molecule has 0 aliphatic carbocycles. The zero-order chi connectivity index (χ0) is 13.0. The lowest BCUT2D eigenvalue weighted by Gasteiger charge is -2.32. The molecule has 1 fully saturated rings. The SMILES string of the molecule is CCc1c(Cl)ncnc1NCC1(O)CCOCC1. The number of hydrogen-bond acceptors (Lipinski definition) is 5. The summed E-state index contributed by atoms with van der Waals surface area (Å²) in [6, 6.07) is 0. The van der Waals surface area contributed by atoms with E-state index in [1.54, 1.807) is 0 Å². The Hall–Kier alpha value is -0.910. The molecule has 1 aliphatic heterocycles. The highest BCUT2D eigenvalue weighted by molar-refractivity contribution is 6.30. The van der Waals surface area contributed by atoms with E-state index in [-0.39, 0.29) is 0 Å². The van der Waals surface area contributed by atoms with Crippen molar-refractivity contribution in [2.75, 3.05) is 25.1 Å². The van der Waals surface area contributed by atoms with E-state index >= 15 is 0 Å². The Labute approximate surface area is 112 Å². The number of aliphatic hydroxyl groups is 1. The van der Waals surface area contributed by atoms with E-state index in [4.69, 9.17) is 16.3 Å². The maximum absolute atomic E-state index is 10.3. The molecule has 2 rings (SSSR count). The normalized spacial score (nSPS) is 18.6. The third-order valence-electron chi connectivity index (χ3n) is 3.25. The minimum absolute atomic E-state index is 0.455. The number of nitrogens with zero attached hydrogens (tertiary/aromatic N) is 2.